The summed E-state index contributed by atoms with van der Waals surface area (Å²) in [6, 6.07) is 4.83. The van der Waals surface area contributed by atoms with Crippen molar-refractivity contribution < 1.29 is 17.9 Å². The number of hydrogen-bond acceptors (Lipinski definition) is 5. The van der Waals surface area contributed by atoms with E-state index in [0.717, 1.165) is 19.3 Å². The zero-order chi connectivity index (χ0) is 19.6. The molecule has 8 heteroatoms. The fourth-order valence-electron chi connectivity index (χ4n) is 3.86. The molecule has 2 aliphatic heterocycles. The van der Waals surface area contributed by atoms with Crippen LogP contribution in [0.4, 0.5) is 0 Å². The Balaban J connectivity index is 1.91. The zero-order valence-electron chi connectivity index (χ0n) is 16.1. The number of hydrogen-bond donors (Lipinski definition) is 1. The van der Waals surface area contributed by atoms with Crippen LogP contribution in [-0.4, -0.2) is 68.5 Å². The van der Waals surface area contributed by atoms with E-state index in [-0.39, 0.29) is 22.9 Å². The number of amides is 1. The second-order valence-electron chi connectivity index (χ2n) is 7.42. The Morgan fingerprint density at radius 1 is 1.22 bits per heavy atom. The largest absolute Gasteiger partial charge is 0.379 e. The number of carbonyl (C=O) groups is 1. The van der Waals surface area contributed by atoms with Gasteiger partial charge in [-0.25, -0.2) is 8.42 Å². The van der Waals surface area contributed by atoms with Crippen LogP contribution >= 0.6 is 0 Å². The van der Waals surface area contributed by atoms with Gasteiger partial charge in [0.15, 0.2) is 0 Å². The van der Waals surface area contributed by atoms with Gasteiger partial charge in [0, 0.05) is 37.3 Å². The summed E-state index contributed by atoms with van der Waals surface area (Å²) in [7, 11) is -3.65. The topological polar surface area (TPSA) is 92.9 Å². The Morgan fingerprint density at radius 3 is 2.59 bits per heavy atom. The van der Waals surface area contributed by atoms with E-state index < -0.39 is 10.0 Å². The second kappa shape index (κ2) is 8.26. The van der Waals surface area contributed by atoms with Gasteiger partial charge in [0.25, 0.3) is 5.91 Å². The Hall–Kier alpha value is -1.48. The highest BCUT2D eigenvalue weighted by Crippen LogP contribution is 2.26. The summed E-state index contributed by atoms with van der Waals surface area (Å²) >= 11 is 0. The number of carbonyl (C=O) groups excluding carboxylic acids is 1. The van der Waals surface area contributed by atoms with E-state index >= 15 is 0 Å². The van der Waals surface area contributed by atoms with Crippen molar-refractivity contribution in [1.29, 1.82) is 0 Å². The molecule has 2 atom stereocenters. The van der Waals surface area contributed by atoms with E-state index in [1.807, 2.05) is 11.8 Å². The maximum atomic E-state index is 13.1. The van der Waals surface area contributed by atoms with Gasteiger partial charge < -0.3 is 15.4 Å². The molecule has 27 heavy (non-hydrogen) atoms. The summed E-state index contributed by atoms with van der Waals surface area (Å²) in [4.78, 5) is 15.1. The van der Waals surface area contributed by atoms with Crippen molar-refractivity contribution in [2.24, 2.45) is 5.73 Å². The van der Waals surface area contributed by atoms with E-state index in [9.17, 15) is 13.2 Å². The van der Waals surface area contributed by atoms with Crippen molar-refractivity contribution in [3.05, 3.63) is 29.3 Å². The lowest BCUT2D eigenvalue weighted by Crippen LogP contribution is -2.51. The number of morpholine rings is 1. The van der Waals surface area contributed by atoms with Gasteiger partial charge in [-0.05, 0) is 50.8 Å². The molecule has 0 spiro atoms. The standard InChI is InChI=1S/C19H29N3O4S/c1-14-6-7-16(19(23)22-8-4-3-5-17(22)15(2)20)13-18(14)27(24,25)21-9-11-26-12-10-21/h6-7,13,15,17H,3-5,8-12,20H2,1-2H3. The molecule has 0 aliphatic carbocycles. The van der Waals surface area contributed by atoms with Crippen LogP contribution in [0.2, 0.25) is 0 Å². The third-order valence-electron chi connectivity index (χ3n) is 5.44. The maximum Gasteiger partial charge on any atom is 0.254 e. The highest BCUT2D eigenvalue weighted by molar-refractivity contribution is 7.89. The van der Waals surface area contributed by atoms with Crippen LogP contribution < -0.4 is 5.73 Å². The molecule has 3 rings (SSSR count). The number of aryl methyl sites for hydroxylation is 1. The molecular weight excluding hydrogens is 366 g/mol. The summed E-state index contributed by atoms with van der Waals surface area (Å²) in [6.45, 7) is 5.77. The molecule has 150 valence electrons. The van der Waals surface area contributed by atoms with E-state index in [4.69, 9.17) is 10.5 Å². The molecule has 1 aromatic rings. The number of benzene rings is 1. The Kier molecular flexibility index (Phi) is 6.20. The molecule has 0 saturated carbocycles. The van der Waals surface area contributed by atoms with E-state index in [1.165, 1.54) is 10.4 Å². The molecule has 2 unspecified atom stereocenters. The summed E-state index contributed by atoms with van der Waals surface area (Å²) < 4.78 is 32.8. The first-order chi connectivity index (χ1) is 12.8. The molecule has 2 saturated heterocycles. The molecule has 2 heterocycles. The predicted octanol–water partition coefficient (Wildman–Crippen LogP) is 1.36. The third kappa shape index (κ3) is 4.18. The summed E-state index contributed by atoms with van der Waals surface area (Å²) in [5, 5.41) is 0. The number of likely N-dealkylation sites (tertiary alicyclic amines) is 1. The molecule has 2 fully saturated rings. The van der Waals surface area contributed by atoms with Gasteiger partial charge in [0.1, 0.15) is 0 Å². The van der Waals surface area contributed by atoms with Crippen LogP contribution in [0.15, 0.2) is 23.1 Å². The minimum absolute atomic E-state index is 0.00754. The van der Waals surface area contributed by atoms with Crippen molar-refractivity contribution in [2.45, 2.75) is 50.1 Å². The van der Waals surface area contributed by atoms with Gasteiger partial charge >= 0.3 is 0 Å². The number of nitrogens with two attached hydrogens (primary N) is 1. The Morgan fingerprint density at radius 2 is 1.93 bits per heavy atom. The normalized spacial score (nSPS) is 23.2. The minimum Gasteiger partial charge on any atom is -0.379 e. The fourth-order valence-corrected chi connectivity index (χ4v) is 5.52. The molecule has 2 N–H and O–H groups in total. The van der Waals surface area contributed by atoms with Gasteiger partial charge in [-0.1, -0.05) is 6.07 Å². The summed E-state index contributed by atoms with van der Waals surface area (Å²) in [5.74, 6) is -0.143. The van der Waals surface area contributed by atoms with Gasteiger partial charge in [-0.15, -0.1) is 0 Å². The van der Waals surface area contributed by atoms with Crippen molar-refractivity contribution in [2.75, 3.05) is 32.8 Å². The monoisotopic (exact) mass is 395 g/mol. The quantitative estimate of drug-likeness (QED) is 0.831. The lowest BCUT2D eigenvalue weighted by molar-refractivity contribution is 0.0583. The van der Waals surface area contributed by atoms with E-state index in [0.29, 0.717) is 44.0 Å². The molecule has 0 bridgehead atoms. The average Bonchev–Trinajstić information content (AvgIpc) is 2.68. The Bertz CT molecular complexity index is 788. The smallest absolute Gasteiger partial charge is 0.254 e. The second-order valence-corrected chi connectivity index (χ2v) is 9.32. The molecule has 0 radical (unpaired) electrons. The van der Waals surface area contributed by atoms with Crippen LogP contribution in [0, 0.1) is 6.92 Å². The van der Waals surface area contributed by atoms with Crippen LogP contribution in [-0.2, 0) is 14.8 Å². The molecule has 0 aromatic heterocycles. The number of ether oxygens (including phenoxy) is 1. The molecule has 1 amide bonds. The van der Waals surface area contributed by atoms with Gasteiger partial charge in [0.2, 0.25) is 10.0 Å². The predicted molar refractivity (Wildman–Crippen MR) is 103 cm³/mol. The molecular formula is C19H29N3O4S. The first-order valence-corrected chi connectivity index (χ1v) is 11.0. The molecule has 7 nitrogen and oxygen atoms in total. The van der Waals surface area contributed by atoms with Crippen molar-refractivity contribution in [3.63, 3.8) is 0 Å². The third-order valence-corrected chi connectivity index (χ3v) is 7.48. The number of nitrogens with zero attached hydrogens (tertiary/aromatic N) is 2. The number of rotatable bonds is 4. The van der Waals surface area contributed by atoms with Crippen molar-refractivity contribution in [1.82, 2.24) is 9.21 Å². The fraction of sp³-hybridized carbons (Fsp3) is 0.632. The van der Waals surface area contributed by atoms with Crippen molar-refractivity contribution >= 4 is 15.9 Å². The van der Waals surface area contributed by atoms with Crippen LogP contribution in [0.1, 0.15) is 42.1 Å². The van der Waals surface area contributed by atoms with E-state index in [2.05, 4.69) is 0 Å². The van der Waals surface area contributed by atoms with E-state index in [1.54, 1.807) is 19.1 Å². The summed E-state index contributed by atoms with van der Waals surface area (Å²) in [6.07, 6.45) is 2.88. The lowest BCUT2D eigenvalue weighted by Gasteiger charge is -2.38. The SMILES string of the molecule is Cc1ccc(C(=O)N2CCCCC2C(C)N)cc1S(=O)(=O)N1CCOCC1. The van der Waals surface area contributed by atoms with Crippen LogP contribution in [0.5, 0.6) is 0 Å². The average molecular weight is 396 g/mol. The molecule has 1 aromatic carbocycles. The first kappa shape index (κ1) is 20.3. The number of sulfonamides is 1. The maximum absolute atomic E-state index is 13.1. The van der Waals surface area contributed by atoms with Crippen LogP contribution in [0.25, 0.3) is 0 Å². The summed E-state index contributed by atoms with van der Waals surface area (Å²) in [5.41, 5.74) is 7.13. The van der Waals surface area contributed by atoms with Gasteiger partial charge in [-0.2, -0.15) is 4.31 Å². The van der Waals surface area contributed by atoms with Gasteiger partial charge in [-0.3, -0.25) is 4.79 Å². The zero-order valence-corrected chi connectivity index (χ0v) is 16.9. The van der Waals surface area contributed by atoms with Crippen LogP contribution in [0.3, 0.4) is 0 Å². The highest BCUT2D eigenvalue weighted by Gasteiger charge is 2.32. The first-order valence-electron chi connectivity index (χ1n) is 9.57. The molecule has 2 aliphatic rings. The Labute approximate surface area is 161 Å². The highest BCUT2D eigenvalue weighted by atomic mass is 32.2. The van der Waals surface area contributed by atoms with Gasteiger partial charge in [0.05, 0.1) is 18.1 Å². The minimum atomic E-state index is -3.65. The van der Waals surface area contributed by atoms with Crippen molar-refractivity contribution in [3.8, 4) is 0 Å². The lowest BCUT2D eigenvalue weighted by atomic mass is 9.96. The number of piperidine rings is 1.